The minimum atomic E-state index is 0.00673. The number of alkyl halides is 1. The molecule has 3 heteroatoms. The largest absolute Gasteiger partial charge is 0.351 e. The van der Waals surface area contributed by atoms with Crippen LogP contribution >= 0.6 is 22.6 Å². The monoisotopic (exact) mass is 275 g/mol. The maximum Gasteiger partial charge on any atom is 0.251 e. The number of rotatable bonds is 3. The standard InChI is InChI=1S/C9H10INO/c10-6-7-11-9(12)8-4-2-1-3-5-8/h1-5H,6-7H2,(H,11,12). The van der Waals surface area contributed by atoms with E-state index >= 15 is 0 Å². The molecule has 0 bridgehead atoms. The van der Waals surface area contributed by atoms with Gasteiger partial charge >= 0.3 is 0 Å². The van der Waals surface area contributed by atoms with Crippen LogP contribution in [0.15, 0.2) is 30.3 Å². The second kappa shape index (κ2) is 5.13. The number of carbonyl (C=O) groups is 1. The van der Waals surface area contributed by atoms with Crippen LogP contribution in [0.3, 0.4) is 0 Å². The van der Waals surface area contributed by atoms with Crippen molar-refractivity contribution in [3.05, 3.63) is 35.9 Å². The molecule has 1 rings (SSSR count). The lowest BCUT2D eigenvalue weighted by Crippen LogP contribution is -2.24. The molecule has 0 aliphatic carbocycles. The van der Waals surface area contributed by atoms with Gasteiger partial charge in [-0.05, 0) is 12.1 Å². The van der Waals surface area contributed by atoms with Gasteiger partial charge in [-0.2, -0.15) is 0 Å². The Balaban J connectivity index is 2.54. The smallest absolute Gasteiger partial charge is 0.251 e. The zero-order chi connectivity index (χ0) is 8.81. The van der Waals surface area contributed by atoms with E-state index in [9.17, 15) is 4.79 Å². The van der Waals surface area contributed by atoms with Gasteiger partial charge in [0.2, 0.25) is 0 Å². The molecule has 0 atom stereocenters. The van der Waals surface area contributed by atoms with Crippen molar-refractivity contribution in [2.45, 2.75) is 0 Å². The number of hydrogen-bond acceptors (Lipinski definition) is 1. The molecule has 0 aliphatic rings. The summed E-state index contributed by atoms with van der Waals surface area (Å²) in [4.78, 5) is 11.3. The SMILES string of the molecule is O=C(NCCI)c1ccccc1. The Labute approximate surface area is 85.5 Å². The summed E-state index contributed by atoms with van der Waals surface area (Å²) in [5.74, 6) is 0.00673. The van der Waals surface area contributed by atoms with E-state index in [0.29, 0.717) is 0 Å². The quantitative estimate of drug-likeness (QED) is 0.662. The van der Waals surface area contributed by atoms with Gasteiger partial charge < -0.3 is 5.32 Å². The fourth-order valence-corrected chi connectivity index (χ4v) is 1.12. The van der Waals surface area contributed by atoms with E-state index in [1.54, 1.807) is 0 Å². The van der Waals surface area contributed by atoms with E-state index < -0.39 is 0 Å². The minimum Gasteiger partial charge on any atom is -0.351 e. The molecule has 0 fully saturated rings. The van der Waals surface area contributed by atoms with Crippen LogP contribution in [0.4, 0.5) is 0 Å². The lowest BCUT2D eigenvalue weighted by atomic mass is 10.2. The van der Waals surface area contributed by atoms with Crippen molar-refractivity contribution in [2.75, 3.05) is 11.0 Å². The average molecular weight is 275 g/mol. The van der Waals surface area contributed by atoms with Crippen LogP contribution in [-0.2, 0) is 0 Å². The van der Waals surface area contributed by atoms with Crippen LogP contribution in [0.25, 0.3) is 0 Å². The van der Waals surface area contributed by atoms with Gasteiger partial charge in [-0.3, -0.25) is 4.79 Å². The van der Waals surface area contributed by atoms with Gasteiger partial charge in [0.15, 0.2) is 0 Å². The van der Waals surface area contributed by atoms with Crippen molar-refractivity contribution >= 4 is 28.5 Å². The molecule has 0 unspecified atom stereocenters. The summed E-state index contributed by atoms with van der Waals surface area (Å²) in [6.07, 6.45) is 0. The van der Waals surface area contributed by atoms with E-state index in [1.807, 2.05) is 30.3 Å². The molecule has 0 heterocycles. The van der Waals surface area contributed by atoms with Crippen LogP contribution in [-0.4, -0.2) is 16.9 Å². The van der Waals surface area contributed by atoms with Crippen LogP contribution in [0.2, 0.25) is 0 Å². The second-order valence-electron chi connectivity index (χ2n) is 2.31. The Morgan fingerprint density at radius 2 is 2.00 bits per heavy atom. The second-order valence-corrected chi connectivity index (χ2v) is 3.39. The van der Waals surface area contributed by atoms with Crippen molar-refractivity contribution < 1.29 is 4.79 Å². The molecule has 12 heavy (non-hydrogen) atoms. The highest BCUT2D eigenvalue weighted by Gasteiger charge is 2.01. The van der Waals surface area contributed by atoms with Gasteiger partial charge in [-0.1, -0.05) is 40.8 Å². The molecule has 1 amide bonds. The molecule has 1 N–H and O–H groups in total. The van der Waals surface area contributed by atoms with E-state index in [4.69, 9.17) is 0 Å². The number of halogens is 1. The normalized spacial score (nSPS) is 9.42. The molecule has 1 aromatic rings. The van der Waals surface area contributed by atoms with Crippen molar-refractivity contribution in [3.8, 4) is 0 Å². The van der Waals surface area contributed by atoms with Gasteiger partial charge in [0.05, 0.1) is 0 Å². The van der Waals surface area contributed by atoms with Crippen molar-refractivity contribution in [1.29, 1.82) is 0 Å². The number of amides is 1. The Kier molecular flexibility index (Phi) is 4.07. The lowest BCUT2D eigenvalue weighted by Gasteiger charge is -2.01. The highest BCUT2D eigenvalue weighted by atomic mass is 127. The van der Waals surface area contributed by atoms with E-state index in [2.05, 4.69) is 27.9 Å². The minimum absolute atomic E-state index is 0.00673. The molecule has 2 nitrogen and oxygen atoms in total. The first-order valence-corrected chi connectivity index (χ1v) is 5.26. The first-order chi connectivity index (χ1) is 5.84. The van der Waals surface area contributed by atoms with E-state index in [-0.39, 0.29) is 5.91 Å². The lowest BCUT2D eigenvalue weighted by molar-refractivity contribution is 0.0956. The third-order valence-electron chi connectivity index (χ3n) is 1.42. The first-order valence-electron chi connectivity index (χ1n) is 3.74. The Morgan fingerprint density at radius 1 is 1.33 bits per heavy atom. The maximum atomic E-state index is 11.3. The van der Waals surface area contributed by atoms with Gasteiger partial charge in [0, 0.05) is 16.5 Å². The highest BCUT2D eigenvalue weighted by Crippen LogP contribution is 1.97. The van der Waals surface area contributed by atoms with Crippen LogP contribution in [0, 0.1) is 0 Å². The summed E-state index contributed by atoms with van der Waals surface area (Å²) in [5, 5.41) is 2.80. The third kappa shape index (κ3) is 2.81. The molecule has 0 aromatic heterocycles. The van der Waals surface area contributed by atoms with Crippen LogP contribution < -0.4 is 5.32 Å². The molecule has 0 spiro atoms. The number of hydrogen-bond donors (Lipinski definition) is 1. The van der Waals surface area contributed by atoms with Gasteiger partial charge in [0.25, 0.3) is 5.91 Å². The van der Waals surface area contributed by atoms with Crippen LogP contribution in [0.5, 0.6) is 0 Å². The molecule has 1 aromatic carbocycles. The number of carbonyl (C=O) groups excluding carboxylic acids is 1. The van der Waals surface area contributed by atoms with Gasteiger partial charge in [-0.15, -0.1) is 0 Å². The summed E-state index contributed by atoms with van der Waals surface area (Å²) >= 11 is 2.23. The predicted octanol–water partition coefficient (Wildman–Crippen LogP) is 1.85. The Hall–Kier alpha value is -0.580. The number of nitrogens with one attached hydrogen (secondary N) is 1. The van der Waals surface area contributed by atoms with Crippen molar-refractivity contribution in [3.63, 3.8) is 0 Å². The molecule has 0 radical (unpaired) electrons. The van der Waals surface area contributed by atoms with Crippen molar-refractivity contribution in [2.24, 2.45) is 0 Å². The van der Waals surface area contributed by atoms with E-state index in [1.165, 1.54) is 0 Å². The Bertz CT molecular complexity index is 248. The van der Waals surface area contributed by atoms with Gasteiger partial charge in [-0.25, -0.2) is 0 Å². The zero-order valence-electron chi connectivity index (χ0n) is 6.59. The first kappa shape index (κ1) is 9.51. The summed E-state index contributed by atoms with van der Waals surface area (Å²) in [5.41, 5.74) is 0.724. The maximum absolute atomic E-state index is 11.3. The molecule has 0 aliphatic heterocycles. The average Bonchev–Trinajstić information content (AvgIpc) is 2.15. The summed E-state index contributed by atoms with van der Waals surface area (Å²) < 4.78 is 0.941. The highest BCUT2D eigenvalue weighted by molar-refractivity contribution is 14.1. The zero-order valence-corrected chi connectivity index (χ0v) is 8.74. The molecule has 0 saturated carbocycles. The summed E-state index contributed by atoms with van der Waals surface area (Å²) in [6, 6.07) is 9.23. The topological polar surface area (TPSA) is 29.1 Å². The summed E-state index contributed by atoms with van der Waals surface area (Å²) in [6.45, 7) is 0.730. The molecule has 0 saturated heterocycles. The predicted molar refractivity (Wildman–Crippen MR) is 57.7 cm³/mol. The summed E-state index contributed by atoms with van der Waals surface area (Å²) in [7, 11) is 0. The van der Waals surface area contributed by atoms with E-state index in [0.717, 1.165) is 16.5 Å². The Morgan fingerprint density at radius 3 is 2.58 bits per heavy atom. The molecular formula is C9H10INO. The molecule has 64 valence electrons. The number of benzene rings is 1. The molecular weight excluding hydrogens is 265 g/mol. The fraction of sp³-hybridized carbons (Fsp3) is 0.222. The fourth-order valence-electron chi connectivity index (χ4n) is 0.852. The third-order valence-corrected chi connectivity index (χ3v) is 1.96. The van der Waals surface area contributed by atoms with Gasteiger partial charge in [0.1, 0.15) is 0 Å². The van der Waals surface area contributed by atoms with Crippen molar-refractivity contribution in [1.82, 2.24) is 5.32 Å². The van der Waals surface area contributed by atoms with Crippen LogP contribution in [0.1, 0.15) is 10.4 Å².